The van der Waals surface area contributed by atoms with Crippen molar-refractivity contribution in [1.82, 2.24) is 9.88 Å². The Kier molecular flexibility index (Phi) is 5.58. The predicted octanol–water partition coefficient (Wildman–Crippen LogP) is 4.68. The molecule has 0 atom stereocenters. The Morgan fingerprint density at radius 3 is 2.50 bits per heavy atom. The van der Waals surface area contributed by atoms with Crippen LogP contribution in [0, 0.1) is 0 Å². The number of halogens is 2. The molecule has 0 aliphatic carbocycles. The van der Waals surface area contributed by atoms with Gasteiger partial charge in [-0.15, -0.1) is 11.3 Å². The van der Waals surface area contributed by atoms with Crippen LogP contribution < -0.4 is 4.74 Å². The molecule has 0 spiro atoms. The second-order valence-corrected chi connectivity index (χ2v) is 6.45. The minimum Gasteiger partial charge on any atom is -0.435 e. The number of alkyl halides is 2. The van der Waals surface area contributed by atoms with E-state index >= 15 is 0 Å². The van der Waals surface area contributed by atoms with Crippen molar-refractivity contribution < 1.29 is 18.3 Å². The molecule has 0 aliphatic heterocycles. The average Bonchev–Trinajstić information content (AvgIpc) is 3.13. The van der Waals surface area contributed by atoms with Gasteiger partial charge >= 0.3 is 6.61 Å². The Hall–Kier alpha value is -2.80. The maximum Gasteiger partial charge on any atom is 0.387 e. The van der Waals surface area contributed by atoms with Crippen LogP contribution in [0.15, 0.2) is 60.0 Å². The fraction of sp³-hybridized carbons (Fsp3) is 0.158. The lowest BCUT2D eigenvalue weighted by Crippen LogP contribution is -2.26. The smallest absolute Gasteiger partial charge is 0.387 e. The molecule has 1 heterocycles. The summed E-state index contributed by atoms with van der Waals surface area (Å²) in [5.41, 5.74) is 2.16. The zero-order chi connectivity index (χ0) is 18.5. The van der Waals surface area contributed by atoms with Crippen molar-refractivity contribution in [3.8, 4) is 16.3 Å². The third kappa shape index (κ3) is 4.43. The molecule has 0 fully saturated rings. The first kappa shape index (κ1) is 18.0. The van der Waals surface area contributed by atoms with Crippen LogP contribution in [-0.4, -0.2) is 29.5 Å². The highest BCUT2D eigenvalue weighted by Gasteiger charge is 2.16. The maximum absolute atomic E-state index is 12.6. The average molecular weight is 374 g/mol. The van der Waals surface area contributed by atoms with Crippen molar-refractivity contribution in [3.05, 3.63) is 71.2 Å². The summed E-state index contributed by atoms with van der Waals surface area (Å²) in [4.78, 5) is 18.5. The van der Waals surface area contributed by atoms with Crippen LogP contribution in [0.5, 0.6) is 5.75 Å². The SMILES string of the molecule is CN(Cc1ccc(OC(F)F)cc1)C(=O)c1csc(-c2ccccc2)n1. The lowest BCUT2D eigenvalue weighted by atomic mass is 10.2. The largest absolute Gasteiger partial charge is 0.435 e. The van der Waals surface area contributed by atoms with E-state index < -0.39 is 6.61 Å². The van der Waals surface area contributed by atoms with E-state index in [9.17, 15) is 13.6 Å². The number of hydrogen-bond acceptors (Lipinski definition) is 4. The Morgan fingerprint density at radius 2 is 1.85 bits per heavy atom. The zero-order valence-electron chi connectivity index (χ0n) is 13.9. The number of hydrogen-bond donors (Lipinski definition) is 0. The molecular weight excluding hydrogens is 358 g/mol. The van der Waals surface area contributed by atoms with Gasteiger partial charge in [-0.25, -0.2) is 4.98 Å². The molecule has 2 aromatic carbocycles. The molecule has 0 N–H and O–H groups in total. The molecule has 7 heteroatoms. The van der Waals surface area contributed by atoms with Crippen molar-refractivity contribution in [1.29, 1.82) is 0 Å². The third-order valence-corrected chi connectivity index (χ3v) is 4.55. The first-order valence-electron chi connectivity index (χ1n) is 7.83. The van der Waals surface area contributed by atoms with Gasteiger partial charge in [0.1, 0.15) is 16.5 Å². The zero-order valence-corrected chi connectivity index (χ0v) is 14.7. The first-order chi connectivity index (χ1) is 12.5. The number of thiazole rings is 1. The van der Waals surface area contributed by atoms with E-state index in [-0.39, 0.29) is 11.7 Å². The summed E-state index contributed by atoms with van der Waals surface area (Å²) in [6.07, 6.45) is 0. The summed E-state index contributed by atoms with van der Waals surface area (Å²) in [6, 6.07) is 15.9. The highest BCUT2D eigenvalue weighted by atomic mass is 32.1. The summed E-state index contributed by atoms with van der Waals surface area (Å²) >= 11 is 1.42. The van der Waals surface area contributed by atoms with Crippen molar-refractivity contribution in [2.75, 3.05) is 7.05 Å². The topological polar surface area (TPSA) is 42.4 Å². The lowest BCUT2D eigenvalue weighted by Gasteiger charge is -2.16. The van der Waals surface area contributed by atoms with E-state index in [0.29, 0.717) is 12.2 Å². The minimum atomic E-state index is -2.85. The van der Waals surface area contributed by atoms with E-state index in [2.05, 4.69) is 9.72 Å². The Balaban J connectivity index is 1.65. The molecule has 0 radical (unpaired) electrons. The number of carbonyl (C=O) groups is 1. The Labute approximate surface area is 153 Å². The van der Waals surface area contributed by atoms with E-state index in [4.69, 9.17) is 0 Å². The van der Waals surface area contributed by atoms with Gasteiger partial charge in [-0.1, -0.05) is 42.5 Å². The highest BCUT2D eigenvalue weighted by molar-refractivity contribution is 7.13. The molecule has 4 nitrogen and oxygen atoms in total. The van der Waals surface area contributed by atoms with E-state index in [0.717, 1.165) is 16.1 Å². The molecule has 3 rings (SSSR count). The number of amides is 1. The molecule has 1 aromatic heterocycles. The summed E-state index contributed by atoms with van der Waals surface area (Å²) in [7, 11) is 1.67. The molecule has 0 aliphatic rings. The van der Waals surface area contributed by atoms with Gasteiger partial charge in [-0.05, 0) is 17.7 Å². The number of rotatable bonds is 6. The molecule has 0 saturated carbocycles. The lowest BCUT2D eigenvalue weighted by molar-refractivity contribution is -0.0498. The number of aromatic nitrogens is 1. The Bertz CT molecular complexity index is 867. The van der Waals surface area contributed by atoms with Gasteiger partial charge in [0.25, 0.3) is 5.91 Å². The van der Waals surface area contributed by atoms with Crippen molar-refractivity contribution in [2.24, 2.45) is 0 Å². The minimum absolute atomic E-state index is 0.0877. The number of nitrogens with zero attached hydrogens (tertiary/aromatic N) is 2. The van der Waals surface area contributed by atoms with Gasteiger partial charge in [-0.2, -0.15) is 8.78 Å². The standard InChI is InChI=1S/C19H16F2N2O2S/c1-23(11-13-7-9-15(10-8-13)25-19(20)21)18(24)16-12-26-17(22-16)14-5-3-2-4-6-14/h2-10,12,19H,11H2,1H3. The van der Waals surface area contributed by atoms with Gasteiger partial charge in [0.2, 0.25) is 0 Å². The van der Waals surface area contributed by atoms with Crippen LogP contribution in [-0.2, 0) is 6.54 Å². The molecule has 134 valence electrons. The predicted molar refractivity (Wildman–Crippen MR) is 96.4 cm³/mol. The van der Waals surface area contributed by atoms with Crippen LogP contribution in [0.1, 0.15) is 16.1 Å². The maximum atomic E-state index is 12.6. The van der Waals surface area contributed by atoms with E-state index in [1.165, 1.54) is 28.4 Å². The summed E-state index contributed by atoms with van der Waals surface area (Å²) in [5, 5.41) is 2.52. The first-order valence-corrected chi connectivity index (χ1v) is 8.71. The van der Waals surface area contributed by atoms with Crippen LogP contribution in [0.2, 0.25) is 0 Å². The van der Waals surface area contributed by atoms with Crippen LogP contribution in [0.4, 0.5) is 8.78 Å². The fourth-order valence-corrected chi connectivity index (χ4v) is 3.20. The normalized spacial score (nSPS) is 10.8. The second kappa shape index (κ2) is 8.05. The molecule has 0 bridgehead atoms. The monoisotopic (exact) mass is 374 g/mol. The molecule has 26 heavy (non-hydrogen) atoms. The van der Waals surface area contributed by atoms with Crippen molar-refractivity contribution in [3.63, 3.8) is 0 Å². The highest BCUT2D eigenvalue weighted by Crippen LogP contribution is 2.24. The molecule has 0 saturated heterocycles. The molecule has 3 aromatic rings. The van der Waals surface area contributed by atoms with Gasteiger partial charge in [-0.3, -0.25) is 4.79 Å². The number of carbonyl (C=O) groups excluding carboxylic acids is 1. The summed E-state index contributed by atoms with van der Waals surface area (Å²) in [5.74, 6) is -0.110. The third-order valence-electron chi connectivity index (χ3n) is 3.66. The summed E-state index contributed by atoms with van der Waals surface area (Å²) < 4.78 is 28.6. The van der Waals surface area contributed by atoms with Gasteiger partial charge in [0, 0.05) is 24.5 Å². The van der Waals surface area contributed by atoms with Crippen LogP contribution >= 0.6 is 11.3 Å². The second-order valence-electron chi connectivity index (χ2n) is 5.59. The fourth-order valence-electron chi connectivity index (χ4n) is 2.40. The molecule has 1 amide bonds. The number of ether oxygens (including phenoxy) is 1. The van der Waals surface area contributed by atoms with Crippen molar-refractivity contribution >= 4 is 17.2 Å². The Morgan fingerprint density at radius 1 is 1.15 bits per heavy atom. The summed E-state index contributed by atoms with van der Waals surface area (Å²) in [6.45, 7) is -2.51. The van der Waals surface area contributed by atoms with Gasteiger partial charge in [0.15, 0.2) is 0 Å². The van der Waals surface area contributed by atoms with Gasteiger partial charge in [0.05, 0.1) is 0 Å². The number of benzene rings is 2. The van der Waals surface area contributed by atoms with Crippen molar-refractivity contribution in [2.45, 2.75) is 13.2 Å². The van der Waals surface area contributed by atoms with Gasteiger partial charge < -0.3 is 9.64 Å². The van der Waals surface area contributed by atoms with E-state index in [1.807, 2.05) is 30.3 Å². The van der Waals surface area contributed by atoms with Crippen LogP contribution in [0.25, 0.3) is 10.6 Å². The molecule has 0 unspecified atom stereocenters. The quantitative estimate of drug-likeness (QED) is 0.629. The molecular formula is C19H16F2N2O2S. The van der Waals surface area contributed by atoms with E-state index in [1.54, 1.807) is 24.6 Å². The van der Waals surface area contributed by atoms with Crippen LogP contribution in [0.3, 0.4) is 0 Å².